The molecule has 2 bridgehead atoms. The van der Waals surface area contributed by atoms with Crippen molar-refractivity contribution in [2.75, 3.05) is 106 Å². The zero-order valence-electron chi connectivity index (χ0n) is 49.7. The number of hydrogen-bond acceptors (Lipinski definition) is 6. The molecule has 0 spiro atoms. The summed E-state index contributed by atoms with van der Waals surface area (Å²) in [4.78, 5) is 9.98. The van der Waals surface area contributed by atoms with Gasteiger partial charge in [-0.1, -0.05) is 125 Å². The summed E-state index contributed by atoms with van der Waals surface area (Å²) in [5.74, 6) is 6.63. The summed E-state index contributed by atoms with van der Waals surface area (Å²) in [5.41, 5.74) is 3.09. The van der Waals surface area contributed by atoms with Gasteiger partial charge in [-0.2, -0.15) is 0 Å². The van der Waals surface area contributed by atoms with Gasteiger partial charge in [-0.3, -0.25) is 0 Å². The minimum absolute atomic E-state index is 0.490. The number of ether oxygens (including phenoxy) is 2. The van der Waals surface area contributed by atoms with Crippen LogP contribution in [0, 0.1) is 73.9 Å². The topological polar surface area (TPSA) is 31.4 Å². The van der Waals surface area contributed by atoms with Crippen LogP contribution >= 0.6 is 0 Å². The number of fused-ring (bicyclic) bond motifs is 3. The molecule has 8 saturated heterocycles. The first-order chi connectivity index (χ1) is 30.7. The molecule has 0 amide bonds. The number of piperidine rings is 6. The third-order valence-electron chi connectivity index (χ3n) is 17.0. The van der Waals surface area contributed by atoms with Gasteiger partial charge < -0.3 is 29.1 Å². The van der Waals surface area contributed by atoms with Gasteiger partial charge >= 0.3 is 0 Å². The van der Waals surface area contributed by atoms with Gasteiger partial charge in [0.15, 0.2) is 0 Å². The van der Waals surface area contributed by atoms with Crippen LogP contribution in [0.5, 0.6) is 0 Å². The van der Waals surface area contributed by atoms with Crippen molar-refractivity contribution in [1.82, 2.24) is 19.6 Å². The average Bonchev–Trinajstić information content (AvgIpc) is 3.22. The Morgan fingerprint density at radius 3 is 1.06 bits per heavy atom. The van der Waals surface area contributed by atoms with E-state index >= 15 is 0 Å². The number of hydrogen-bond donors (Lipinski definition) is 0. The summed E-state index contributed by atoms with van der Waals surface area (Å²) < 4.78 is 10.6. The maximum absolute atomic E-state index is 5.31. The van der Waals surface area contributed by atoms with Crippen LogP contribution in [-0.2, 0) is 9.47 Å². The SMILES string of the molecule is CC(C)(C)C1CCOCC1.CC(C)(C)C1CN2CCC1CC2.CC(C)(C)CC1CCOCC1.CN1CCC(C(C)(C)C)CC1.CN1CCC(CC(C)(C)C)CC1.CN1CCCC(C(C)(C)C)C1. The van der Waals surface area contributed by atoms with E-state index in [1.807, 2.05) is 0 Å². The monoisotopic (exact) mass is 945 g/mol. The number of nitrogens with zero attached hydrogens (tertiary/aromatic N) is 4. The van der Waals surface area contributed by atoms with E-state index in [9.17, 15) is 0 Å². The van der Waals surface area contributed by atoms with E-state index in [1.54, 1.807) is 0 Å². The van der Waals surface area contributed by atoms with Crippen molar-refractivity contribution in [2.24, 2.45) is 73.9 Å². The Bertz CT molecular complexity index is 1240. The van der Waals surface area contributed by atoms with E-state index in [-0.39, 0.29) is 0 Å². The lowest BCUT2D eigenvalue weighted by Gasteiger charge is -2.50. The van der Waals surface area contributed by atoms with Crippen LogP contribution < -0.4 is 0 Å². The molecule has 0 N–H and O–H groups in total. The fourth-order valence-electron chi connectivity index (χ4n) is 12.2. The Morgan fingerprint density at radius 2 is 0.746 bits per heavy atom. The van der Waals surface area contributed by atoms with Crippen LogP contribution in [0.2, 0.25) is 0 Å². The van der Waals surface area contributed by atoms with Gasteiger partial charge in [0, 0.05) is 39.5 Å². The van der Waals surface area contributed by atoms with Gasteiger partial charge in [0.2, 0.25) is 0 Å². The molecule has 0 aromatic carbocycles. The van der Waals surface area contributed by atoms with Gasteiger partial charge in [-0.15, -0.1) is 0 Å². The first kappa shape index (κ1) is 62.9. The molecule has 0 radical (unpaired) electrons. The van der Waals surface area contributed by atoms with E-state index in [0.717, 1.165) is 67.9 Å². The maximum Gasteiger partial charge on any atom is 0.0468 e. The minimum Gasteiger partial charge on any atom is -0.381 e. The third-order valence-corrected chi connectivity index (χ3v) is 17.0. The number of likely N-dealkylation sites (tertiary alicyclic amines) is 3. The maximum atomic E-state index is 5.31. The van der Waals surface area contributed by atoms with E-state index in [1.165, 1.54) is 149 Å². The van der Waals surface area contributed by atoms with Crippen LogP contribution in [0.15, 0.2) is 0 Å². The van der Waals surface area contributed by atoms with Gasteiger partial charge in [0.25, 0.3) is 0 Å². The van der Waals surface area contributed by atoms with Crippen molar-refractivity contribution in [3.05, 3.63) is 0 Å². The zero-order valence-corrected chi connectivity index (χ0v) is 49.7. The molecule has 6 nitrogen and oxygen atoms in total. The molecular weight excluding hydrogens is 821 g/mol. The molecule has 0 saturated carbocycles. The Kier molecular flexibility index (Phi) is 27.1. The molecule has 0 aromatic heterocycles. The third kappa shape index (κ3) is 28.0. The molecular formula is C61H124N4O2. The van der Waals surface area contributed by atoms with E-state index in [2.05, 4.69) is 165 Å². The summed E-state index contributed by atoms with van der Waals surface area (Å²) in [6.45, 7) is 58.2. The second-order valence-electron chi connectivity index (χ2n) is 30.1. The molecule has 8 aliphatic heterocycles. The van der Waals surface area contributed by atoms with Crippen molar-refractivity contribution >= 4 is 0 Å². The molecule has 2 unspecified atom stereocenters. The molecule has 8 heterocycles. The molecule has 2 atom stereocenters. The summed E-state index contributed by atoms with van der Waals surface area (Å²) in [6, 6.07) is 0. The smallest absolute Gasteiger partial charge is 0.0468 e. The molecule has 8 aliphatic rings. The second-order valence-corrected chi connectivity index (χ2v) is 30.1. The van der Waals surface area contributed by atoms with Crippen LogP contribution in [0.4, 0.5) is 0 Å². The fourth-order valence-corrected chi connectivity index (χ4v) is 12.2. The first-order valence-corrected chi connectivity index (χ1v) is 28.7. The predicted molar refractivity (Wildman–Crippen MR) is 296 cm³/mol. The summed E-state index contributed by atoms with van der Waals surface area (Å²) in [6.07, 6.45) is 19.1. The molecule has 8 rings (SSSR count). The minimum atomic E-state index is 0.490. The van der Waals surface area contributed by atoms with Gasteiger partial charge in [-0.25, -0.2) is 0 Å². The van der Waals surface area contributed by atoms with Gasteiger partial charge in [-0.05, 0) is 231 Å². The molecule has 6 heteroatoms. The largest absolute Gasteiger partial charge is 0.381 e. The second kappa shape index (κ2) is 28.9. The predicted octanol–water partition coefficient (Wildman–Crippen LogP) is 15.2. The van der Waals surface area contributed by atoms with Crippen molar-refractivity contribution in [2.45, 2.75) is 215 Å². The molecule has 8 fully saturated rings. The zero-order chi connectivity index (χ0) is 50.9. The fraction of sp³-hybridized carbons (Fsp3) is 1.00. The highest BCUT2D eigenvalue weighted by atomic mass is 16.5. The summed E-state index contributed by atoms with van der Waals surface area (Å²) in [5, 5.41) is 0. The molecule has 0 aromatic rings. The van der Waals surface area contributed by atoms with E-state index in [0.29, 0.717) is 32.5 Å². The van der Waals surface area contributed by atoms with Crippen molar-refractivity contribution in [3.8, 4) is 0 Å². The lowest BCUT2D eigenvalue weighted by atomic mass is 9.67. The van der Waals surface area contributed by atoms with Crippen LogP contribution in [0.3, 0.4) is 0 Å². The Morgan fingerprint density at radius 1 is 0.358 bits per heavy atom. The Hall–Kier alpha value is -0.240. The van der Waals surface area contributed by atoms with Crippen molar-refractivity contribution in [1.29, 1.82) is 0 Å². The summed E-state index contributed by atoms with van der Waals surface area (Å²) >= 11 is 0. The highest BCUT2D eigenvalue weighted by Crippen LogP contribution is 2.42. The number of rotatable bonds is 2. The van der Waals surface area contributed by atoms with E-state index in [4.69, 9.17) is 9.47 Å². The van der Waals surface area contributed by atoms with Crippen molar-refractivity contribution < 1.29 is 9.47 Å². The average molecular weight is 946 g/mol. The Balaban J connectivity index is 0.000000276. The van der Waals surface area contributed by atoms with Crippen LogP contribution in [-0.4, -0.2) is 126 Å². The lowest BCUT2D eigenvalue weighted by Crippen LogP contribution is -2.51. The standard InChI is InChI=1S/C11H21N.C11H23N.2C10H21N.C10H20O.C9H18O/c1-11(2,3)10-8-12-6-4-9(10)5-7-12;1-11(2,3)9-10-5-7-12(4)8-6-10;1-10(2,3)9-5-7-11(4)8-6-9;1-10(2,3)9-6-5-7-11(4)8-9;1-10(2,3)8-9-4-6-11-7-5-9;1-9(2,3)8-4-6-10-7-5-8/h9-10H,4-8H2,1-3H3;10H,5-9H2,1-4H3;2*9H,5-8H2,1-4H3;9H,4-8H2,1-3H3;8H,4-7H2,1-3H3. The quantitative estimate of drug-likeness (QED) is 0.274. The highest BCUT2D eigenvalue weighted by Gasteiger charge is 2.40. The summed E-state index contributed by atoms with van der Waals surface area (Å²) in [7, 11) is 6.68. The highest BCUT2D eigenvalue weighted by molar-refractivity contribution is 4.92. The Labute approximate surface area is 422 Å². The van der Waals surface area contributed by atoms with E-state index < -0.39 is 0 Å². The lowest BCUT2D eigenvalue weighted by molar-refractivity contribution is -0.00555. The van der Waals surface area contributed by atoms with Crippen LogP contribution in [0.1, 0.15) is 215 Å². The molecule has 400 valence electrons. The van der Waals surface area contributed by atoms with Gasteiger partial charge in [0.05, 0.1) is 0 Å². The normalized spacial score (nSPS) is 27.4. The molecule has 67 heavy (non-hydrogen) atoms. The van der Waals surface area contributed by atoms with Crippen molar-refractivity contribution in [3.63, 3.8) is 0 Å². The van der Waals surface area contributed by atoms with Crippen LogP contribution in [0.25, 0.3) is 0 Å². The molecule has 0 aliphatic carbocycles. The first-order valence-electron chi connectivity index (χ1n) is 28.7. The van der Waals surface area contributed by atoms with Gasteiger partial charge in [0.1, 0.15) is 0 Å².